The van der Waals surface area contributed by atoms with Crippen LogP contribution in [0.1, 0.15) is 88.7 Å². The molecule has 0 radical (unpaired) electrons. The summed E-state index contributed by atoms with van der Waals surface area (Å²) in [5.74, 6) is -0.885. The van der Waals surface area contributed by atoms with Crippen molar-refractivity contribution in [2.45, 2.75) is 91.1 Å². The molecule has 0 N–H and O–H groups in total. The quantitative estimate of drug-likeness (QED) is 0.145. The van der Waals surface area contributed by atoms with E-state index in [-0.39, 0.29) is 25.1 Å². The number of carbonyl (C=O) groups excluding carboxylic acids is 2. The summed E-state index contributed by atoms with van der Waals surface area (Å²) in [6, 6.07) is 4.56. The van der Waals surface area contributed by atoms with E-state index in [2.05, 4.69) is 6.92 Å². The van der Waals surface area contributed by atoms with Crippen LogP contribution in [-0.4, -0.2) is 23.5 Å². The molecule has 1 rings (SSSR count). The van der Waals surface area contributed by atoms with Gasteiger partial charge in [0.25, 0.3) is 5.69 Å². The second kappa shape index (κ2) is 15.4. The largest absolute Gasteiger partial charge is 0.466 e. The van der Waals surface area contributed by atoms with Gasteiger partial charge in [0.05, 0.1) is 24.4 Å². The van der Waals surface area contributed by atoms with Gasteiger partial charge in [-0.05, 0) is 31.0 Å². The molecule has 0 heterocycles. The molecule has 0 aromatic heterocycles. The molecule has 0 atom stereocenters. The van der Waals surface area contributed by atoms with Crippen molar-refractivity contribution in [2.24, 2.45) is 0 Å². The third kappa shape index (κ3) is 11.5. The normalized spacial score (nSPS) is 10.6. The van der Waals surface area contributed by atoms with E-state index in [1.165, 1.54) is 44.6 Å². The van der Waals surface area contributed by atoms with Crippen LogP contribution in [0.4, 0.5) is 5.69 Å². The number of nitro benzene ring substituents is 1. The second-order valence-electron chi connectivity index (χ2n) is 7.59. The smallest absolute Gasteiger partial charge is 0.306 e. The van der Waals surface area contributed by atoms with E-state index in [0.29, 0.717) is 17.7 Å². The molecule has 0 spiro atoms. The van der Waals surface area contributed by atoms with Gasteiger partial charge in [0.1, 0.15) is 6.61 Å². The number of nitrogens with zero attached hydrogens (tertiary/aromatic N) is 1. The fraction of sp³-hybridized carbons (Fsp3) is 0.652. The fourth-order valence-corrected chi connectivity index (χ4v) is 3.12. The van der Waals surface area contributed by atoms with Crippen LogP contribution in [0.3, 0.4) is 0 Å². The molecule has 0 unspecified atom stereocenters. The van der Waals surface area contributed by atoms with Crippen LogP contribution >= 0.6 is 0 Å². The number of hydrogen-bond acceptors (Lipinski definition) is 6. The van der Waals surface area contributed by atoms with Gasteiger partial charge in [0, 0.05) is 11.6 Å². The van der Waals surface area contributed by atoms with Crippen LogP contribution in [0.5, 0.6) is 0 Å². The average Bonchev–Trinajstić information content (AvgIpc) is 2.71. The molecule has 1 aromatic rings. The highest BCUT2D eigenvalue weighted by atomic mass is 16.6. The third-order valence-electron chi connectivity index (χ3n) is 4.90. The predicted molar refractivity (Wildman–Crippen MR) is 115 cm³/mol. The molecule has 0 fully saturated rings. The lowest BCUT2D eigenvalue weighted by Gasteiger charge is -2.07. The minimum absolute atomic E-state index is 0.00441. The van der Waals surface area contributed by atoms with Gasteiger partial charge < -0.3 is 9.47 Å². The molecule has 7 nitrogen and oxygen atoms in total. The summed E-state index contributed by atoms with van der Waals surface area (Å²) in [6.07, 6.45) is 10.8. The Hall–Kier alpha value is -2.44. The Bertz CT molecular complexity index is 674. The minimum Gasteiger partial charge on any atom is -0.466 e. The zero-order valence-electron chi connectivity index (χ0n) is 18.3. The van der Waals surface area contributed by atoms with Crippen molar-refractivity contribution in [3.05, 3.63) is 39.4 Å². The SMILES string of the molecule is CCCCCCCCCCCOC(=O)CCC(=O)OCc1ccc([N+](=O)[O-])c(C)c1. The van der Waals surface area contributed by atoms with Crippen LogP contribution in [0, 0.1) is 17.0 Å². The first kappa shape index (κ1) is 25.6. The first-order valence-electron chi connectivity index (χ1n) is 11.0. The summed E-state index contributed by atoms with van der Waals surface area (Å²) in [6.45, 7) is 4.26. The van der Waals surface area contributed by atoms with E-state index in [1.54, 1.807) is 19.1 Å². The zero-order valence-corrected chi connectivity index (χ0v) is 18.3. The Morgan fingerprint density at radius 1 is 0.900 bits per heavy atom. The summed E-state index contributed by atoms with van der Waals surface area (Å²) in [7, 11) is 0. The molecule has 7 heteroatoms. The van der Waals surface area contributed by atoms with Crippen LogP contribution < -0.4 is 0 Å². The lowest BCUT2D eigenvalue weighted by atomic mass is 10.1. The van der Waals surface area contributed by atoms with E-state index in [0.717, 1.165) is 19.3 Å². The maximum absolute atomic E-state index is 11.8. The van der Waals surface area contributed by atoms with Crippen molar-refractivity contribution in [2.75, 3.05) is 6.61 Å². The summed E-state index contributed by atoms with van der Waals surface area (Å²) in [5, 5.41) is 10.8. The van der Waals surface area contributed by atoms with Gasteiger partial charge in [-0.25, -0.2) is 0 Å². The number of rotatable bonds is 16. The van der Waals surface area contributed by atoms with Gasteiger partial charge >= 0.3 is 11.9 Å². The van der Waals surface area contributed by atoms with E-state index in [9.17, 15) is 19.7 Å². The maximum Gasteiger partial charge on any atom is 0.306 e. The van der Waals surface area contributed by atoms with Crippen molar-refractivity contribution in [1.82, 2.24) is 0 Å². The van der Waals surface area contributed by atoms with Gasteiger partial charge in [0.2, 0.25) is 0 Å². The maximum atomic E-state index is 11.8. The fourth-order valence-electron chi connectivity index (χ4n) is 3.12. The summed E-state index contributed by atoms with van der Waals surface area (Å²) in [4.78, 5) is 33.9. The Kier molecular flexibility index (Phi) is 13.1. The number of hydrogen-bond donors (Lipinski definition) is 0. The molecule has 1 aromatic carbocycles. The molecule has 0 aliphatic rings. The monoisotopic (exact) mass is 421 g/mol. The Morgan fingerprint density at radius 3 is 2.03 bits per heavy atom. The Labute approximate surface area is 179 Å². The number of aryl methyl sites for hydroxylation is 1. The number of nitro groups is 1. The van der Waals surface area contributed by atoms with Gasteiger partial charge in [0.15, 0.2) is 0 Å². The molecule has 0 bridgehead atoms. The molecule has 0 amide bonds. The highest BCUT2D eigenvalue weighted by Gasteiger charge is 2.12. The Balaban J connectivity index is 2.07. The number of esters is 2. The second-order valence-corrected chi connectivity index (χ2v) is 7.59. The van der Waals surface area contributed by atoms with Gasteiger partial charge in [-0.15, -0.1) is 0 Å². The molecule has 30 heavy (non-hydrogen) atoms. The molecular weight excluding hydrogens is 386 g/mol. The highest BCUT2D eigenvalue weighted by Crippen LogP contribution is 2.19. The van der Waals surface area contributed by atoms with Crippen molar-refractivity contribution < 1.29 is 24.0 Å². The Morgan fingerprint density at radius 2 is 1.47 bits per heavy atom. The van der Waals surface area contributed by atoms with E-state index in [4.69, 9.17) is 9.47 Å². The molecular formula is C23H35NO6. The van der Waals surface area contributed by atoms with Crippen LogP contribution in [0.25, 0.3) is 0 Å². The first-order chi connectivity index (χ1) is 14.4. The highest BCUT2D eigenvalue weighted by molar-refractivity contribution is 5.77. The zero-order chi connectivity index (χ0) is 22.2. The predicted octanol–water partition coefficient (Wildman–Crippen LogP) is 5.80. The van der Waals surface area contributed by atoms with Gasteiger partial charge in [-0.1, -0.05) is 58.3 Å². The summed E-state index contributed by atoms with van der Waals surface area (Å²) >= 11 is 0. The van der Waals surface area contributed by atoms with E-state index < -0.39 is 16.9 Å². The topological polar surface area (TPSA) is 95.7 Å². The lowest BCUT2D eigenvalue weighted by molar-refractivity contribution is -0.385. The third-order valence-corrected chi connectivity index (χ3v) is 4.90. The average molecular weight is 422 g/mol. The van der Waals surface area contributed by atoms with E-state index >= 15 is 0 Å². The number of unbranched alkanes of at least 4 members (excludes halogenated alkanes) is 8. The molecule has 0 aliphatic carbocycles. The molecule has 0 saturated heterocycles. The van der Waals surface area contributed by atoms with Crippen LogP contribution in [-0.2, 0) is 25.7 Å². The standard InChI is InChI=1S/C23H35NO6/c1-3-4-5-6-7-8-9-10-11-16-29-22(25)14-15-23(26)30-18-20-12-13-21(24(27)28)19(2)17-20/h12-13,17H,3-11,14-16,18H2,1-2H3. The lowest BCUT2D eigenvalue weighted by Crippen LogP contribution is -2.11. The van der Waals surface area contributed by atoms with Crippen molar-refractivity contribution in [1.29, 1.82) is 0 Å². The van der Waals surface area contributed by atoms with Crippen molar-refractivity contribution in [3.8, 4) is 0 Å². The number of ether oxygens (including phenoxy) is 2. The number of carbonyl (C=O) groups is 2. The molecule has 0 saturated carbocycles. The van der Waals surface area contributed by atoms with Crippen LogP contribution in [0.15, 0.2) is 18.2 Å². The molecule has 0 aliphatic heterocycles. The van der Waals surface area contributed by atoms with Gasteiger partial charge in [-0.2, -0.15) is 0 Å². The van der Waals surface area contributed by atoms with Crippen molar-refractivity contribution >= 4 is 17.6 Å². The number of benzene rings is 1. The van der Waals surface area contributed by atoms with Gasteiger partial charge in [-0.3, -0.25) is 19.7 Å². The van der Waals surface area contributed by atoms with Crippen LogP contribution in [0.2, 0.25) is 0 Å². The van der Waals surface area contributed by atoms with Crippen molar-refractivity contribution in [3.63, 3.8) is 0 Å². The molecule has 168 valence electrons. The van der Waals surface area contributed by atoms with E-state index in [1.807, 2.05) is 0 Å². The first-order valence-corrected chi connectivity index (χ1v) is 11.0. The minimum atomic E-state index is -0.494. The summed E-state index contributed by atoms with van der Waals surface area (Å²) < 4.78 is 10.3. The summed E-state index contributed by atoms with van der Waals surface area (Å²) in [5.41, 5.74) is 1.20.